The van der Waals surface area contributed by atoms with Gasteiger partial charge in [-0.05, 0) is 36.8 Å². The van der Waals surface area contributed by atoms with E-state index in [9.17, 15) is 9.59 Å². The van der Waals surface area contributed by atoms with Crippen molar-refractivity contribution >= 4 is 22.6 Å². The Balaban J connectivity index is 1.80. The molecular weight excluding hydrogens is 356 g/mol. The molecule has 2 aromatic carbocycles. The van der Waals surface area contributed by atoms with Gasteiger partial charge in [-0.25, -0.2) is 4.79 Å². The predicted octanol–water partition coefficient (Wildman–Crippen LogP) is 3.12. The largest absolute Gasteiger partial charge is 0.495 e. The normalized spacial score (nSPS) is 10.6. The number of anilines is 1. The lowest BCUT2D eigenvalue weighted by Crippen LogP contribution is -2.26. The Hall–Kier alpha value is -3.53. The molecule has 0 aliphatic carbocycles. The van der Waals surface area contributed by atoms with E-state index in [1.165, 1.54) is 7.11 Å². The van der Waals surface area contributed by atoms with Crippen molar-refractivity contribution in [3.05, 3.63) is 58.5 Å². The fourth-order valence-corrected chi connectivity index (χ4v) is 3.23. The Kier molecular flexibility index (Phi) is 5.80. The summed E-state index contributed by atoms with van der Waals surface area (Å²) in [6.45, 7) is 2.92. The number of methoxy groups -OCH3 is 1. The molecule has 28 heavy (non-hydrogen) atoms. The van der Waals surface area contributed by atoms with Crippen LogP contribution in [-0.4, -0.2) is 22.2 Å². The second kappa shape index (κ2) is 8.44. The first-order valence-electron chi connectivity index (χ1n) is 9.15. The van der Waals surface area contributed by atoms with E-state index in [4.69, 9.17) is 10.00 Å². The zero-order chi connectivity index (χ0) is 20.1. The van der Waals surface area contributed by atoms with Crippen LogP contribution in [-0.2, 0) is 17.9 Å². The third-order valence-corrected chi connectivity index (χ3v) is 4.54. The number of hydrogen-bond donors (Lipinski definition) is 1. The van der Waals surface area contributed by atoms with Crippen LogP contribution in [0.15, 0.2) is 47.3 Å². The number of carbonyl (C=O) groups excluding carboxylic acids is 1. The summed E-state index contributed by atoms with van der Waals surface area (Å²) in [7, 11) is 1.50. The summed E-state index contributed by atoms with van der Waals surface area (Å²) in [4.78, 5) is 25.2. The minimum atomic E-state index is -0.257. The van der Waals surface area contributed by atoms with Gasteiger partial charge in [-0.15, -0.1) is 0 Å². The summed E-state index contributed by atoms with van der Waals surface area (Å²) in [5, 5.41) is 11.8. The van der Waals surface area contributed by atoms with Crippen molar-refractivity contribution in [1.29, 1.82) is 5.26 Å². The molecular formula is C21H22N4O3. The summed E-state index contributed by atoms with van der Waals surface area (Å²) in [6, 6.07) is 14.5. The molecule has 0 bridgehead atoms. The van der Waals surface area contributed by atoms with Gasteiger partial charge in [-0.2, -0.15) is 5.26 Å². The number of nitrogens with one attached hydrogen (secondary N) is 1. The first-order chi connectivity index (χ1) is 13.6. The minimum absolute atomic E-state index is 0.111. The van der Waals surface area contributed by atoms with Gasteiger partial charge in [-0.3, -0.25) is 13.9 Å². The van der Waals surface area contributed by atoms with Crippen molar-refractivity contribution in [1.82, 2.24) is 9.13 Å². The highest BCUT2D eigenvalue weighted by Gasteiger charge is 2.14. The third-order valence-electron chi connectivity index (χ3n) is 4.54. The van der Waals surface area contributed by atoms with Crippen LogP contribution < -0.4 is 15.7 Å². The molecule has 0 aliphatic heterocycles. The lowest BCUT2D eigenvalue weighted by molar-refractivity contribution is -0.116. The van der Waals surface area contributed by atoms with Crippen molar-refractivity contribution in [3.63, 3.8) is 0 Å². The zero-order valence-corrected chi connectivity index (χ0v) is 15.9. The number of fused-ring (bicyclic) bond motifs is 1. The Morgan fingerprint density at radius 1 is 1.14 bits per heavy atom. The van der Waals surface area contributed by atoms with Gasteiger partial charge in [0.1, 0.15) is 5.75 Å². The van der Waals surface area contributed by atoms with Crippen molar-refractivity contribution in [3.8, 4) is 11.8 Å². The molecule has 0 spiro atoms. The quantitative estimate of drug-likeness (QED) is 0.684. The van der Waals surface area contributed by atoms with Gasteiger partial charge in [-0.1, -0.05) is 19.1 Å². The average molecular weight is 378 g/mol. The van der Waals surface area contributed by atoms with Crippen molar-refractivity contribution in [2.45, 2.75) is 32.9 Å². The standard InChI is InChI=1S/C21H22N4O3/c1-3-11-24-17-6-4-5-7-18(17)25(21(24)27)12-10-20(26)23-16-13-15(14-22)8-9-19(16)28-2/h4-9,13H,3,10-12H2,1-2H3,(H,23,26). The van der Waals surface area contributed by atoms with E-state index in [0.717, 1.165) is 17.5 Å². The number of para-hydroxylation sites is 2. The number of nitrogens with zero attached hydrogens (tertiary/aromatic N) is 3. The summed E-state index contributed by atoms with van der Waals surface area (Å²) < 4.78 is 8.61. The van der Waals surface area contributed by atoms with Gasteiger partial charge in [0.2, 0.25) is 5.91 Å². The molecule has 1 N–H and O–H groups in total. The number of carbonyl (C=O) groups is 1. The number of nitriles is 1. The molecule has 0 atom stereocenters. The molecule has 3 aromatic rings. The van der Waals surface area contributed by atoms with Gasteiger partial charge in [0.15, 0.2) is 0 Å². The Labute approximate surface area is 162 Å². The molecule has 0 saturated heterocycles. The van der Waals surface area contributed by atoms with Gasteiger partial charge in [0, 0.05) is 19.5 Å². The summed E-state index contributed by atoms with van der Waals surface area (Å²) >= 11 is 0. The lowest BCUT2D eigenvalue weighted by atomic mass is 10.2. The zero-order valence-electron chi connectivity index (χ0n) is 15.9. The fourth-order valence-electron chi connectivity index (χ4n) is 3.23. The van der Waals surface area contributed by atoms with E-state index < -0.39 is 0 Å². The van der Waals surface area contributed by atoms with Crippen LogP contribution in [0.5, 0.6) is 5.75 Å². The van der Waals surface area contributed by atoms with Crippen LogP contribution in [0.3, 0.4) is 0 Å². The highest BCUT2D eigenvalue weighted by Crippen LogP contribution is 2.25. The molecule has 1 heterocycles. The van der Waals surface area contributed by atoms with Crippen molar-refractivity contribution < 1.29 is 9.53 Å². The lowest BCUT2D eigenvalue weighted by Gasteiger charge is -2.10. The van der Waals surface area contributed by atoms with Crippen LogP contribution >= 0.6 is 0 Å². The molecule has 7 nitrogen and oxygen atoms in total. The number of benzene rings is 2. The van der Waals surface area contributed by atoms with Crippen LogP contribution in [0.4, 0.5) is 5.69 Å². The number of ether oxygens (including phenoxy) is 1. The minimum Gasteiger partial charge on any atom is -0.495 e. The highest BCUT2D eigenvalue weighted by molar-refractivity contribution is 5.92. The van der Waals surface area contributed by atoms with Gasteiger partial charge < -0.3 is 10.1 Å². The second-order valence-electron chi connectivity index (χ2n) is 6.40. The molecule has 1 amide bonds. The van der Waals surface area contributed by atoms with E-state index >= 15 is 0 Å². The Morgan fingerprint density at radius 2 is 1.82 bits per heavy atom. The number of aromatic nitrogens is 2. The van der Waals surface area contributed by atoms with Crippen LogP contribution in [0.25, 0.3) is 11.0 Å². The van der Waals surface area contributed by atoms with Gasteiger partial charge in [0.25, 0.3) is 0 Å². The maximum Gasteiger partial charge on any atom is 0.329 e. The molecule has 0 fully saturated rings. The van der Waals surface area contributed by atoms with Gasteiger partial charge >= 0.3 is 5.69 Å². The third kappa shape index (κ3) is 3.76. The molecule has 0 saturated carbocycles. The van der Waals surface area contributed by atoms with Crippen LogP contribution in [0.2, 0.25) is 0 Å². The topological polar surface area (TPSA) is 89.0 Å². The number of rotatable bonds is 7. The van der Waals surface area contributed by atoms with E-state index in [1.54, 1.807) is 27.3 Å². The summed E-state index contributed by atoms with van der Waals surface area (Å²) in [5.74, 6) is 0.219. The maximum atomic E-state index is 12.8. The average Bonchev–Trinajstić information content (AvgIpc) is 2.98. The van der Waals surface area contributed by atoms with Gasteiger partial charge in [0.05, 0.1) is 35.5 Å². The number of hydrogen-bond acceptors (Lipinski definition) is 4. The highest BCUT2D eigenvalue weighted by atomic mass is 16.5. The Bertz CT molecular complexity index is 1110. The first-order valence-corrected chi connectivity index (χ1v) is 9.15. The molecule has 3 rings (SSSR count). The smallest absolute Gasteiger partial charge is 0.329 e. The Morgan fingerprint density at radius 3 is 2.43 bits per heavy atom. The maximum absolute atomic E-state index is 12.8. The molecule has 144 valence electrons. The van der Waals surface area contributed by atoms with Crippen LogP contribution in [0.1, 0.15) is 25.3 Å². The molecule has 7 heteroatoms. The van der Waals surface area contributed by atoms with Crippen LogP contribution in [0, 0.1) is 11.3 Å². The van der Waals surface area contributed by atoms with E-state index in [2.05, 4.69) is 5.32 Å². The molecule has 0 radical (unpaired) electrons. The molecule has 0 aliphatic rings. The number of amides is 1. The summed E-state index contributed by atoms with van der Waals surface area (Å²) in [6.07, 6.45) is 0.976. The first kappa shape index (κ1) is 19.2. The monoisotopic (exact) mass is 378 g/mol. The summed E-state index contributed by atoms with van der Waals surface area (Å²) in [5.41, 5.74) is 2.44. The van der Waals surface area contributed by atoms with Crippen molar-refractivity contribution in [2.75, 3.05) is 12.4 Å². The van der Waals surface area contributed by atoms with E-state index in [1.807, 2.05) is 37.3 Å². The second-order valence-corrected chi connectivity index (χ2v) is 6.40. The number of imidazole rings is 1. The van der Waals surface area contributed by atoms with Crippen molar-refractivity contribution in [2.24, 2.45) is 0 Å². The molecule has 0 unspecified atom stereocenters. The molecule has 1 aromatic heterocycles. The van der Waals surface area contributed by atoms with E-state index in [-0.39, 0.29) is 24.6 Å². The fraction of sp³-hybridized carbons (Fsp3) is 0.286. The SMILES string of the molecule is CCCn1c(=O)n(CCC(=O)Nc2cc(C#N)ccc2OC)c2ccccc21. The van der Waals surface area contributed by atoms with E-state index in [0.29, 0.717) is 23.5 Å². The number of aryl methyl sites for hydroxylation is 2. The predicted molar refractivity (Wildman–Crippen MR) is 107 cm³/mol.